The monoisotopic (exact) mass is 359 g/mol. The lowest BCUT2D eigenvalue weighted by atomic mass is 10.1. The first-order chi connectivity index (χ1) is 11.5. The minimum absolute atomic E-state index is 0.0699. The highest BCUT2D eigenvalue weighted by Crippen LogP contribution is 2.00. The van der Waals surface area contributed by atoms with Gasteiger partial charge in [0, 0.05) is 6.42 Å². The predicted molar refractivity (Wildman–Crippen MR) is 86.9 cm³/mol. The molecule has 0 saturated heterocycles. The number of nitrogens with one attached hydrogen (secondary N) is 3. The van der Waals surface area contributed by atoms with Crippen LogP contribution in [0.3, 0.4) is 0 Å². The third-order valence-corrected chi connectivity index (χ3v) is 3.21. The fourth-order valence-electron chi connectivity index (χ4n) is 1.64. The molecule has 0 spiro atoms. The maximum absolute atomic E-state index is 12.2. The van der Waals surface area contributed by atoms with E-state index in [-0.39, 0.29) is 12.8 Å². The molecule has 4 atom stereocenters. The summed E-state index contributed by atoms with van der Waals surface area (Å²) >= 11 is 0. The fourth-order valence-corrected chi connectivity index (χ4v) is 1.64. The Kier molecular flexibility index (Phi) is 9.13. The SMILES string of the molecule is CC(N)C(=O)NC(CCC(N)=O)C(=O)NC(C)C(=O)NC(C)C(=O)O. The molecule has 0 aliphatic heterocycles. The number of nitrogens with two attached hydrogens (primary N) is 2. The third-order valence-electron chi connectivity index (χ3n) is 3.21. The van der Waals surface area contributed by atoms with Crippen LogP contribution in [0.4, 0.5) is 0 Å². The summed E-state index contributed by atoms with van der Waals surface area (Å²) in [6, 6.07) is -4.17. The topological polar surface area (TPSA) is 194 Å². The van der Waals surface area contributed by atoms with Crippen molar-refractivity contribution in [3.8, 4) is 0 Å². The first kappa shape index (κ1) is 22.3. The van der Waals surface area contributed by atoms with Crippen LogP contribution in [0, 0.1) is 0 Å². The minimum atomic E-state index is -1.23. The molecule has 0 aliphatic carbocycles. The van der Waals surface area contributed by atoms with E-state index in [1.165, 1.54) is 20.8 Å². The van der Waals surface area contributed by atoms with Gasteiger partial charge in [-0.2, -0.15) is 0 Å². The number of hydrogen-bond acceptors (Lipinski definition) is 6. The fraction of sp³-hybridized carbons (Fsp3) is 0.643. The number of amides is 4. The predicted octanol–water partition coefficient (Wildman–Crippen LogP) is -2.82. The Balaban J connectivity index is 4.87. The van der Waals surface area contributed by atoms with Gasteiger partial charge in [0.15, 0.2) is 0 Å². The first-order valence-electron chi connectivity index (χ1n) is 7.63. The summed E-state index contributed by atoms with van der Waals surface area (Å²) < 4.78 is 0. The van der Waals surface area contributed by atoms with Crippen molar-refractivity contribution in [3.63, 3.8) is 0 Å². The van der Waals surface area contributed by atoms with Gasteiger partial charge in [0.05, 0.1) is 6.04 Å². The zero-order chi connectivity index (χ0) is 19.7. The van der Waals surface area contributed by atoms with Crippen molar-refractivity contribution in [1.82, 2.24) is 16.0 Å². The molecular weight excluding hydrogens is 334 g/mol. The van der Waals surface area contributed by atoms with Crippen LogP contribution in [0.1, 0.15) is 33.6 Å². The Hall–Kier alpha value is -2.69. The Morgan fingerprint density at radius 1 is 0.880 bits per heavy atom. The summed E-state index contributed by atoms with van der Waals surface area (Å²) in [7, 11) is 0. The van der Waals surface area contributed by atoms with Crippen molar-refractivity contribution in [2.75, 3.05) is 0 Å². The molecular formula is C14H25N5O6. The van der Waals surface area contributed by atoms with E-state index in [1.54, 1.807) is 0 Å². The molecule has 25 heavy (non-hydrogen) atoms. The van der Waals surface area contributed by atoms with E-state index in [0.717, 1.165) is 0 Å². The van der Waals surface area contributed by atoms with Crippen molar-refractivity contribution < 1.29 is 29.1 Å². The van der Waals surface area contributed by atoms with Crippen LogP contribution < -0.4 is 27.4 Å². The number of primary amides is 1. The van der Waals surface area contributed by atoms with Crippen LogP contribution in [0.2, 0.25) is 0 Å². The van der Waals surface area contributed by atoms with Gasteiger partial charge in [-0.15, -0.1) is 0 Å². The highest BCUT2D eigenvalue weighted by Gasteiger charge is 2.26. The third kappa shape index (κ3) is 8.65. The Labute approximate surface area is 144 Å². The van der Waals surface area contributed by atoms with Crippen molar-refractivity contribution >= 4 is 29.6 Å². The molecule has 142 valence electrons. The molecule has 0 aliphatic rings. The Morgan fingerprint density at radius 3 is 1.84 bits per heavy atom. The normalized spacial score (nSPS) is 15.2. The molecule has 0 aromatic rings. The van der Waals surface area contributed by atoms with E-state index in [2.05, 4.69) is 16.0 Å². The molecule has 0 aromatic carbocycles. The molecule has 11 nitrogen and oxygen atoms in total. The lowest BCUT2D eigenvalue weighted by Gasteiger charge is -2.22. The van der Waals surface area contributed by atoms with Gasteiger partial charge < -0.3 is 32.5 Å². The average Bonchev–Trinajstić information content (AvgIpc) is 2.50. The van der Waals surface area contributed by atoms with Crippen LogP contribution in [0.15, 0.2) is 0 Å². The number of carbonyl (C=O) groups excluding carboxylic acids is 4. The molecule has 0 fully saturated rings. The van der Waals surface area contributed by atoms with Gasteiger partial charge in [0.2, 0.25) is 23.6 Å². The summed E-state index contributed by atoms with van der Waals surface area (Å²) in [6.07, 6.45) is -0.229. The highest BCUT2D eigenvalue weighted by molar-refractivity contribution is 5.94. The van der Waals surface area contributed by atoms with E-state index < -0.39 is 53.8 Å². The molecule has 0 bridgehead atoms. The minimum Gasteiger partial charge on any atom is -0.480 e. The van der Waals surface area contributed by atoms with Gasteiger partial charge >= 0.3 is 5.97 Å². The quantitative estimate of drug-likeness (QED) is 0.242. The van der Waals surface area contributed by atoms with E-state index >= 15 is 0 Å². The van der Waals surface area contributed by atoms with Crippen LogP contribution in [0.5, 0.6) is 0 Å². The second-order valence-electron chi connectivity index (χ2n) is 5.65. The Morgan fingerprint density at radius 2 is 1.40 bits per heavy atom. The second-order valence-corrected chi connectivity index (χ2v) is 5.65. The number of hydrogen-bond donors (Lipinski definition) is 6. The number of carboxylic acids is 1. The molecule has 4 amide bonds. The van der Waals surface area contributed by atoms with Crippen LogP contribution >= 0.6 is 0 Å². The van der Waals surface area contributed by atoms with E-state index in [4.69, 9.17) is 16.6 Å². The smallest absolute Gasteiger partial charge is 0.325 e. The van der Waals surface area contributed by atoms with E-state index in [1.807, 2.05) is 0 Å². The van der Waals surface area contributed by atoms with Crippen LogP contribution in [0.25, 0.3) is 0 Å². The molecule has 0 heterocycles. The maximum Gasteiger partial charge on any atom is 0.325 e. The van der Waals surface area contributed by atoms with E-state index in [0.29, 0.717) is 0 Å². The van der Waals surface area contributed by atoms with Gasteiger partial charge in [-0.25, -0.2) is 0 Å². The largest absolute Gasteiger partial charge is 0.480 e. The van der Waals surface area contributed by atoms with Crippen LogP contribution in [-0.2, 0) is 24.0 Å². The summed E-state index contributed by atoms with van der Waals surface area (Å²) in [6.45, 7) is 4.04. The second kappa shape index (κ2) is 10.2. The van der Waals surface area contributed by atoms with Gasteiger partial charge in [0.1, 0.15) is 18.1 Å². The molecule has 11 heteroatoms. The van der Waals surface area contributed by atoms with Gasteiger partial charge in [-0.05, 0) is 27.2 Å². The lowest BCUT2D eigenvalue weighted by Crippen LogP contribution is -2.55. The molecule has 4 unspecified atom stereocenters. The standard InChI is InChI=1S/C14H25N5O6/c1-6(15)11(21)19-9(4-5-10(16)20)13(23)17-7(2)12(22)18-8(3)14(24)25/h6-9H,4-5,15H2,1-3H3,(H2,16,20)(H,17,23)(H,18,22)(H,19,21)(H,24,25). The summed E-state index contributed by atoms with van der Waals surface area (Å²) in [4.78, 5) is 57.4. The van der Waals surface area contributed by atoms with Crippen LogP contribution in [-0.4, -0.2) is 58.9 Å². The maximum atomic E-state index is 12.2. The highest BCUT2D eigenvalue weighted by atomic mass is 16.4. The average molecular weight is 359 g/mol. The zero-order valence-corrected chi connectivity index (χ0v) is 14.4. The number of carboxylic acid groups (broad SMARTS) is 1. The summed E-state index contributed by atoms with van der Waals surface area (Å²) in [5.74, 6) is -3.93. The molecule has 0 rings (SSSR count). The zero-order valence-electron chi connectivity index (χ0n) is 14.4. The van der Waals surface area contributed by atoms with E-state index in [9.17, 15) is 24.0 Å². The van der Waals surface area contributed by atoms with Crippen molar-refractivity contribution in [1.29, 1.82) is 0 Å². The molecule has 0 saturated carbocycles. The number of carbonyl (C=O) groups is 5. The Bertz CT molecular complexity index is 536. The number of aliphatic carboxylic acids is 1. The summed E-state index contributed by atoms with van der Waals surface area (Å²) in [5, 5.41) is 15.7. The molecule has 8 N–H and O–H groups in total. The van der Waals surface area contributed by atoms with Crippen molar-refractivity contribution in [2.24, 2.45) is 11.5 Å². The summed E-state index contributed by atoms with van der Waals surface area (Å²) in [5.41, 5.74) is 10.5. The van der Waals surface area contributed by atoms with Crippen molar-refractivity contribution in [3.05, 3.63) is 0 Å². The molecule has 0 aromatic heterocycles. The lowest BCUT2D eigenvalue weighted by molar-refractivity contribution is -0.141. The van der Waals surface area contributed by atoms with Crippen molar-refractivity contribution in [2.45, 2.75) is 57.8 Å². The van der Waals surface area contributed by atoms with Gasteiger partial charge in [0.25, 0.3) is 0 Å². The number of rotatable bonds is 10. The molecule has 0 radical (unpaired) electrons. The van der Waals surface area contributed by atoms with Gasteiger partial charge in [-0.3, -0.25) is 24.0 Å². The first-order valence-corrected chi connectivity index (χ1v) is 7.63. The van der Waals surface area contributed by atoms with Gasteiger partial charge in [-0.1, -0.05) is 0 Å².